The van der Waals surface area contributed by atoms with E-state index >= 15 is 0 Å². The van der Waals surface area contributed by atoms with E-state index in [1.165, 1.54) is 0 Å². The van der Waals surface area contributed by atoms with Gasteiger partial charge in [0, 0.05) is 18.7 Å². The van der Waals surface area contributed by atoms with Crippen molar-refractivity contribution in [2.45, 2.75) is 39.9 Å². The van der Waals surface area contributed by atoms with E-state index in [4.69, 9.17) is 4.74 Å². The van der Waals surface area contributed by atoms with Crippen molar-refractivity contribution in [3.05, 3.63) is 88.6 Å². The predicted octanol–water partition coefficient (Wildman–Crippen LogP) is 5.11. The fraction of sp³-hybridized carbons (Fsp3) is 0.333. The maximum atomic E-state index is 12.9. The van der Waals surface area contributed by atoms with Gasteiger partial charge in [-0.3, -0.25) is 4.79 Å². The first-order chi connectivity index (χ1) is 15.3. The standard InChI is InChI=1S/C27H31NO4/c1-19(2)26(27(30)31)32-18-22-12-10-21(11-13-22)6-4-16-28-17-5-7-24(28)25(29)23-14-8-20(3)9-15-23/h4,6-15,19,26H,5,16-18H2,1-3H3,(H,30,31)/b6-4+/t26-/m0/s1. The average Bonchev–Trinajstić information content (AvgIpc) is 3.23. The molecule has 1 heterocycles. The number of nitrogens with zero attached hydrogens (tertiary/aromatic N) is 1. The van der Waals surface area contributed by atoms with E-state index in [0.717, 1.165) is 40.9 Å². The number of Topliss-reactive ketones (excluding diaryl/α,β-unsaturated/α-hetero) is 1. The van der Waals surface area contributed by atoms with E-state index < -0.39 is 12.1 Å². The van der Waals surface area contributed by atoms with Crippen molar-refractivity contribution in [2.75, 3.05) is 13.1 Å². The molecule has 0 bridgehead atoms. The van der Waals surface area contributed by atoms with E-state index in [2.05, 4.69) is 11.0 Å². The Balaban J connectivity index is 1.54. The third kappa shape index (κ3) is 6.17. The highest BCUT2D eigenvalue weighted by atomic mass is 16.5. The van der Waals surface area contributed by atoms with Gasteiger partial charge < -0.3 is 14.7 Å². The molecule has 0 aliphatic carbocycles. The number of ketones is 1. The Morgan fingerprint density at radius 3 is 2.41 bits per heavy atom. The molecule has 168 valence electrons. The van der Waals surface area contributed by atoms with E-state index in [-0.39, 0.29) is 18.3 Å². The molecule has 1 atom stereocenters. The van der Waals surface area contributed by atoms with Gasteiger partial charge in [-0.05, 0) is 30.4 Å². The molecule has 0 fully saturated rings. The highest BCUT2D eigenvalue weighted by Gasteiger charge is 2.22. The zero-order valence-electron chi connectivity index (χ0n) is 19.0. The number of hydrogen-bond acceptors (Lipinski definition) is 4. The first kappa shape index (κ1) is 23.5. The van der Waals surface area contributed by atoms with Crippen LogP contribution < -0.4 is 0 Å². The molecule has 2 aromatic carbocycles. The van der Waals surface area contributed by atoms with E-state index in [9.17, 15) is 14.7 Å². The molecule has 32 heavy (non-hydrogen) atoms. The molecule has 2 aromatic rings. The lowest BCUT2D eigenvalue weighted by Gasteiger charge is -2.19. The first-order valence-corrected chi connectivity index (χ1v) is 11.0. The Kier molecular flexibility index (Phi) is 8.01. The molecule has 1 aliphatic rings. The van der Waals surface area contributed by atoms with Gasteiger partial charge in [-0.1, -0.05) is 86.2 Å². The van der Waals surface area contributed by atoms with Gasteiger partial charge in [-0.2, -0.15) is 0 Å². The molecule has 1 aliphatic heterocycles. The van der Waals surface area contributed by atoms with Crippen LogP contribution in [0.5, 0.6) is 0 Å². The quantitative estimate of drug-likeness (QED) is 0.528. The van der Waals surface area contributed by atoms with E-state index in [1.807, 2.05) is 81.5 Å². The third-order valence-electron chi connectivity index (χ3n) is 5.52. The van der Waals surface area contributed by atoms with Crippen LogP contribution in [0.4, 0.5) is 0 Å². The van der Waals surface area contributed by atoms with Gasteiger partial charge >= 0.3 is 5.97 Å². The minimum atomic E-state index is -0.934. The molecule has 0 radical (unpaired) electrons. The van der Waals surface area contributed by atoms with Crippen LogP contribution in [-0.4, -0.2) is 41.0 Å². The first-order valence-electron chi connectivity index (χ1n) is 11.0. The number of hydrogen-bond donors (Lipinski definition) is 1. The number of rotatable bonds is 10. The van der Waals surface area contributed by atoms with E-state index in [0.29, 0.717) is 6.54 Å². The molecule has 5 heteroatoms. The number of ether oxygens (including phenoxy) is 1. The van der Waals surface area contributed by atoms with Crippen LogP contribution >= 0.6 is 0 Å². The summed E-state index contributed by atoms with van der Waals surface area (Å²) in [5, 5.41) is 9.22. The normalized spacial score (nSPS) is 14.8. The second-order valence-corrected chi connectivity index (χ2v) is 8.48. The molecule has 0 aromatic heterocycles. The van der Waals surface area contributed by atoms with Crippen molar-refractivity contribution < 1.29 is 19.4 Å². The number of carboxylic acids is 1. The Hall–Kier alpha value is -3.18. The summed E-state index contributed by atoms with van der Waals surface area (Å²) in [6, 6.07) is 15.6. The van der Waals surface area contributed by atoms with Crippen LogP contribution in [0.25, 0.3) is 6.08 Å². The summed E-state index contributed by atoms with van der Waals surface area (Å²) in [6.07, 6.45) is 6.19. The number of aliphatic carboxylic acids is 1. The maximum Gasteiger partial charge on any atom is 0.333 e. The molecule has 1 N–H and O–H groups in total. The minimum absolute atomic E-state index is 0.0707. The van der Waals surface area contributed by atoms with Crippen LogP contribution in [0, 0.1) is 12.8 Å². The number of allylic oxidation sites excluding steroid dienone is 1. The molecular formula is C27H31NO4. The number of carbonyl (C=O) groups excluding carboxylic acids is 1. The van der Waals surface area contributed by atoms with Crippen LogP contribution in [-0.2, 0) is 16.1 Å². The molecule has 3 rings (SSSR count). The van der Waals surface area contributed by atoms with Crippen LogP contribution in [0.1, 0.15) is 47.3 Å². The lowest BCUT2D eigenvalue weighted by Crippen LogP contribution is -2.29. The number of carbonyl (C=O) groups is 2. The highest BCUT2D eigenvalue weighted by Crippen LogP contribution is 2.20. The largest absolute Gasteiger partial charge is 0.479 e. The van der Waals surface area contributed by atoms with Gasteiger partial charge in [0.05, 0.1) is 12.3 Å². The fourth-order valence-corrected chi connectivity index (χ4v) is 3.66. The summed E-state index contributed by atoms with van der Waals surface area (Å²) in [5.74, 6) is -0.950. The maximum absolute atomic E-state index is 12.9. The molecule has 5 nitrogen and oxygen atoms in total. The Morgan fingerprint density at radius 2 is 1.78 bits per heavy atom. The van der Waals surface area contributed by atoms with Crippen LogP contribution in [0.15, 0.2) is 66.4 Å². The van der Waals surface area contributed by atoms with Crippen molar-refractivity contribution in [3.8, 4) is 0 Å². The fourth-order valence-electron chi connectivity index (χ4n) is 3.66. The van der Waals surface area contributed by atoms with Crippen LogP contribution in [0.3, 0.4) is 0 Å². The molecule has 0 amide bonds. The number of aryl methyl sites for hydroxylation is 1. The van der Waals surface area contributed by atoms with Gasteiger partial charge in [-0.15, -0.1) is 0 Å². The van der Waals surface area contributed by atoms with Gasteiger partial charge in [0.1, 0.15) is 0 Å². The molecule has 0 spiro atoms. The zero-order valence-corrected chi connectivity index (χ0v) is 19.0. The minimum Gasteiger partial charge on any atom is -0.479 e. The molecule has 0 saturated heterocycles. The summed E-state index contributed by atoms with van der Waals surface area (Å²) in [4.78, 5) is 26.2. The third-order valence-corrected chi connectivity index (χ3v) is 5.52. The molecule has 0 unspecified atom stereocenters. The predicted molar refractivity (Wildman–Crippen MR) is 126 cm³/mol. The van der Waals surface area contributed by atoms with Crippen molar-refractivity contribution in [2.24, 2.45) is 5.92 Å². The Morgan fingerprint density at radius 1 is 1.09 bits per heavy atom. The summed E-state index contributed by atoms with van der Waals surface area (Å²) in [5.41, 5.74) is 4.60. The zero-order chi connectivity index (χ0) is 23.1. The van der Waals surface area contributed by atoms with Crippen molar-refractivity contribution >= 4 is 17.8 Å². The van der Waals surface area contributed by atoms with Gasteiger partial charge in [0.15, 0.2) is 6.10 Å². The SMILES string of the molecule is Cc1ccc(C(=O)C2=CCCN2C/C=C/c2ccc(CO[C@H](C(=O)O)C(C)C)cc2)cc1. The Labute approximate surface area is 190 Å². The molecule has 0 saturated carbocycles. The smallest absolute Gasteiger partial charge is 0.333 e. The Bertz CT molecular complexity index is 987. The van der Waals surface area contributed by atoms with Crippen LogP contribution in [0.2, 0.25) is 0 Å². The lowest BCUT2D eigenvalue weighted by atomic mass is 10.1. The molecular weight excluding hydrogens is 402 g/mol. The topological polar surface area (TPSA) is 66.8 Å². The monoisotopic (exact) mass is 433 g/mol. The van der Waals surface area contributed by atoms with Gasteiger partial charge in [-0.25, -0.2) is 4.79 Å². The van der Waals surface area contributed by atoms with Crippen molar-refractivity contribution in [1.29, 1.82) is 0 Å². The highest BCUT2D eigenvalue weighted by molar-refractivity contribution is 6.08. The summed E-state index contributed by atoms with van der Waals surface area (Å²) < 4.78 is 5.55. The summed E-state index contributed by atoms with van der Waals surface area (Å²) in [7, 11) is 0. The van der Waals surface area contributed by atoms with Gasteiger partial charge in [0.25, 0.3) is 0 Å². The lowest BCUT2D eigenvalue weighted by molar-refractivity contribution is -0.154. The second-order valence-electron chi connectivity index (χ2n) is 8.48. The van der Waals surface area contributed by atoms with Crippen molar-refractivity contribution in [1.82, 2.24) is 4.90 Å². The van der Waals surface area contributed by atoms with E-state index in [1.54, 1.807) is 0 Å². The van der Waals surface area contributed by atoms with Gasteiger partial charge in [0.2, 0.25) is 5.78 Å². The second kappa shape index (κ2) is 10.9. The average molecular weight is 434 g/mol. The summed E-state index contributed by atoms with van der Waals surface area (Å²) >= 11 is 0. The van der Waals surface area contributed by atoms with Crippen molar-refractivity contribution in [3.63, 3.8) is 0 Å². The summed E-state index contributed by atoms with van der Waals surface area (Å²) in [6.45, 7) is 7.46. The number of carboxylic acid groups (broad SMARTS) is 1. The number of benzene rings is 2.